The molecule has 0 aliphatic rings. The van der Waals surface area contributed by atoms with Crippen LogP contribution < -0.4 is 0 Å². The number of methoxy groups -OCH3 is 1. The Balaban J connectivity index is 2.35. The van der Waals surface area contributed by atoms with Gasteiger partial charge in [-0.1, -0.05) is 11.8 Å². The molecule has 2 aromatic heterocycles. The third-order valence-electron chi connectivity index (χ3n) is 2.37. The summed E-state index contributed by atoms with van der Waals surface area (Å²) in [5, 5.41) is 13.9. The second-order valence-electron chi connectivity index (χ2n) is 4.02. The number of carboxylic acids is 1. The molecule has 2 rings (SSSR count). The molecule has 0 atom stereocenters. The summed E-state index contributed by atoms with van der Waals surface area (Å²) >= 11 is 1.19. The number of aliphatic carboxylic acids is 1. The summed E-state index contributed by atoms with van der Waals surface area (Å²) in [6.07, 6.45) is 1.45. The highest BCUT2D eigenvalue weighted by Gasteiger charge is 2.13. The van der Waals surface area contributed by atoms with Gasteiger partial charge in [0.1, 0.15) is 11.4 Å². The topological polar surface area (TPSA) is 90.1 Å². The molecule has 1 N–H and O–H groups in total. The first kappa shape index (κ1) is 14.5. The Morgan fingerprint density at radius 1 is 1.45 bits per heavy atom. The molecule has 20 heavy (non-hydrogen) atoms. The molecule has 0 bridgehead atoms. The van der Waals surface area contributed by atoms with Crippen LogP contribution in [0.3, 0.4) is 0 Å². The quantitative estimate of drug-likeness (QED) is 0.803. The molecule has 2 heterocycles. The second-order valence-corrected chi connectivity index (χ2v) is 5.01. The largest absolute Gasteiger partial charge is 0.481 e. The predicted molar refractivity (Wildman–Crippen MR) is 73.0 cm³/mol. The van der Waals surface area contributed by atoms with E-state index in [0.717, 1.165) is 11.4 Å². The molecule has 0 unspecified atom stereocenters. The molecule has 0 fully saturated rings. The number of hydrogen-bond donors (Lipinski definition) is 1. The fraction of sp³-hybridized carbons (Fsp3) is 0.333. The minimum atomic E-state index is -0.880. The highest BCUT2D eigenvalue weighted by atomic mass is 32.2. The maximum Gasteiger partial charge on any atom is 0.313 e. The van der Waals surface area contributed by atoms with E-state index < -0.39 is 5.97 Å². The van der Waals surface area contributed by atoms with Crippen LogP contribution in [0.5, 0.6) is 0 Å². The first-order valence-electron chi connectivity index (χ1n) is 5.81. The number of carbonyl (C=O) groups is 1. The van der Waals surface area contributed by atoms with Gasteiger partial charge in [0.15, 0.2) is 5.82 Å². The monoisotopic (exact) mass is 294 g/mol. The smallest absolute Gasteiger partial charge is 0.313 e. The minimum absolute atomic E-state index is 0.0395. The molecule has 0 aromatic carbocycles. The number of rotatable bonds is 6. The fourth-order valence-electron chi connectivity index (χ4n) is 1.59. The fourth-order valence-corrected chi connectivity index (χ4v) is 2.33. The number of aromatic nitrogens is 4. The maximum atomic E-state index is 10.7. The molecule has 2 aromatic rings. The highest BCUT2D eigenvalue weighted by Crippen LogP contribution is 2.22. The van der Waals surface area contributed by atoms with E-state index in [2.05, 4.69) is 15.1 Å². The summed E-state index contributed by atoms with van der Waals surface area (Å²) in [5.41, 5.74) is 1.53. The van der Waals surface area contributed by atoms with Gasteiger partial charge in [0.2, 0.25) is 0 Å². The van der Waals surface area contributed by atoms with Gasteiger partial charge in [-0.15, -0.1) is 0 Å². The van der Waals surface area contributed by atoms with E-state index in [4.69, 9.17) is 9.84 Å². The Labute approximate surface area is 120 Å². The van der Waals surface area contributed by atoms with Crippen molar-refractivity contribution in [2.45, 2.75) is 18.6 Å². The summed E-state index contributed by atoms with van der Waals surface area (Å²) in [6, 6.07) is 3.59. The summed E-state index contributed by atoms with van der Waals surface area (Å²) in [5.74, 6) is -0.315. The predicted octanol–water partition coefficient (Wildman–Crippen LogP) is 1.29. The standard InChI is InChI=1S/C12H14N4O3S/c1-8-3-10(14-7-13-8)16-11(20-6-12(17)18)4-9(15-16)5-19-2/h3-4,7H,5-6H2,1-2H3,(H,17,18). The first-order valence-corrected chi connectivity index (χ1v) is 6.80. The molecule has 7 nitrogen and oxygen atoms in total. The zero-order chi connectivity index (χ0) is 14.5. The average molecular weight is 294 g/mol. The van der Waals surface area contributed by atoms with E-state index in [1.165, 1.54) is 18.1 Å². The number of ether oxygens (including phenoxy) is 1. The van der Waals surface area contributed by atoms with E-state index >= 15 is 0 Å². The molecule has 0 saturated carbocycles. The molecular formula is C12H14N4O3S. The third kappa shape index (κ3) is 3.55. The van der Waals surface area contributed by atoms with Crippen molar-refractivity contribution < 1.29 is 14.6 Å². The van der Waals surface area contributed by atoms with Crippen LogP contribution in [-0.2, 0) is 16.1 Å². The molecule has 0 radical (unpaired) electrons. The molecule has 0 saturated heterocycles. The summed E-state index contributed by atoms with van der Waals surface area (Å²) in [7, 11) is 1.58. The van der Waals surface area contributed by atoms with Crippen molar-refractivity contribution in [2.24, 2.45) is 0 Å². The van der Waals surface area contributed by atoms with Crippen molar-refractivity contribution in [3.63, 3.8) is 0 Å². The Bertz CT molecular complexity index is 614. The van der Waals surface area contributed by atoms with Crippen molar-refractivity contribution in [3.8, 4) is 5.82 Å². The van der Waals surface area contributed by atoms with Gasteiger partial charge < -0.3 is 9.84 Å². The Morgan fingerprint density at radius 3 is 2.90 bits per heavy atom. The highest BCUT2D eigenvalue weighted by molar-refractivity contribution is 7.99. The van der Waals surface area contributed by atoms with Crippen LogP contribution in [0.1, 0.15) is 11.4 Å². The molecule has 0 spiro atoms. The van der Waals surface area contributed by atoms with Crippen LogP contribution >= 0.6 is 11.8 Å². The lowest BCUT2D eigenvalue weighted by atomic mass is 10.4. The van der Waals surface area contributed by atoms with Gasteiger partial charge >= 0.3 is 5.97 Å². The van der Waals surface area contributed by atoms with Gasteiger partial charge in [-0.25, -0.2) is 14.6 Å². The summed E-state index contributed by atoms with van der Waals surface area (Å²) in [4.78, 5) is 18.9. The molecule has 0 aliphatic carbocycles. The van der Waals surface area contributed by atoms with Gasteiger partial charge in [0.25, 0.3) is 0 Å². The van der Waals surface area contributed by atoms with E-state index in [9.17, 15) is 4.79 Å². The lowest BCUT2D eigenvalue weighted by molar-refractivity contribution is -0.133. The van der Waals surface area contributed by atoms with Gasteiger partial charge in [0, 0.05) is 18.9 Å². The normalized spacial score (nSPS) is 10.7. The van der Waals surface area contributed by atoms with Crippen molar-refractivity contribution in [1.29, 1.82) is 0 Å². The number of carboxylic acid groups (broad SMARTS) is 1. The zero-order valence-electron chi connectivity index (χ0n) is 11.1. The molecule has 106 valence electrons. The number of thioether (sulfide) groups is 1. The average Bonchev–Trinajstić information content (AvgIpc) is 2.80. The Kier molecular flexibility index (Phi) is 4.70. The maximum absolute atomic E-state index is 10.7. The number of hydrogen-bond acceptors (Lipinski definition) is 6. The molecule has 8 heteroatoms. The van der Waals surface area contributed by atoms with Gasteiger partial charge in [-0.05, 0) is 13.0 Å². The second kappa shape index (κ2) is 6.49. The molecule has 0 amide bonds. The zero-order valence-corrected chi connectivity index (χ0v) is 11.9. The van der Waals surface area contributed by atoms with E-state index in [1.807, 2.05) is 6.92 Å². The minimum Gasteiger partial charge on any atom is -0.481 e. The lowest BCUT2D eigenvalue weighted by Crippen LogP contribution is -2.05. The van der Waals surface area contributed by atoms with Gasteiger partial charge in [-0.3, -0.25) is 4.79 Å². The van der Waals surface area contributed by atoms with Crippen LogP contribution in [0.25, 0.3) is 5.82 Å². The van der Waals surface area contributed by atoms with Crippen LogP contribution in [0.4, 0.5) is 0 Å². The van der Waals surface area contributed by atoms with Crippen molar-refractivity contribution in [2.75, 3.05) is 12.9 Å². The SMILES string of the molecule is COCc1cc(SCC(=O)O)n(-c2cc(C)ncn2)n1. The van der Waals surface area contributed by atoms with E-state index in [0.29, 0.717) is 17.5 Å². The number of nitrogens with zero attached hydrogens (tertiary/aromatic N) is 4. The van der Waals surface area contributed by atoms with Crippen LogP contribution in [0, 0.1) is 6.92 Å². The van der Waals surface area contributed by atoms with Crippen LogP contribution in [0.15, 0.2) is 23.5 Å². The van der Waals surface area contributed by atoms with Crippen molar-refractivity contribution in [3.05, 3.63) is 29.8 Å². The summed E-state index contributed by atoms with van der Waals surface area (Å²) in [6.45, 7) is 2.21. The third-order valence-corrected chi connectivity index (χ3v) is 3.35. The van der Waals surface area contributed by atoms with E-state index in [-0.39, 0.29) is 5.75 Å². The van der Waals surface area contributed by atoms with Gasteiger partial charge in [0.05, 0.1) is 18.1 Å². The van der Waals surface area contributed by atoms with Crippen molar-refractivity contribution >= 4 is 17.7 Å². The number of aryl methyl sites for hydroxylation is 1. The molecule has 0 aliphatic heterocycles. The Hall–Kier alpha value is -1.93. The molecular weight excluding hydrogens is 280 g/mol. The summed E-state index contributed by atoms with van der Waals surface area (Å²) < 4.78 is 6.66. The van der Waals surface area contributed by atoms with Crippen LogP contribution in [-0.4, -0.2) is 43.7 Å². The van der Waals surface area contributed by atoms with Crippen LogP contribution in [0.2, 0.25) is 0 Å². The van der Waals surface area contributed by atoms with Gasteiger partial charge in [-0.2, -0.15) is 5.10 Å². The first-order chi connectivity index (χ1) is 9.60. The van der Waals surface area contributed by atoms with Crippen molar-refractivity contribution in [1.82, 2.24) is 19.7 Å². The van der Waals surface area contributed by atoms with E-state index in [1.54, 1.807) is 23.9 Å². The lowest BCUT2D eigenvalue weighted by Gasteiger charge is -2.05. The Morgan fingerprint density at radius 2 is 2.25 bits per heavy atom.